The molecule has 1 saturated carbocycles. The van der Waals surface area contributed by atoms with Crippen LogP contribution in [0.5, 0.6) is 17.2 Å². The first-order chi connectivity index (χ1) is 15.5. The van der Waals surface area contributed by atoms with Crippen molar-refractivity contribution in [1.29, 1.82) is 0 Å². The Bertz CT molecular complexity index is 1040. The van der Waals surface area contributed by atoms with Crippen molar-refractivity contribution in [2.45, 2.75) is 45.4 Å². The fraction of sp³-hybridized carbons (Fsp3) is 0.462. The van der Waals surface area contributed by atoms with E-state index >= 15 is 0 Å². The third kappa shape index (κ3) is 3.72. The van der Waals surface area contributed by atoms with E-state index in [0.717, 1.165) is 41.5 Å². The molecule has 0 spiro atoms. The number of methoxy groups -OCH3 is 2. The second-order valence-electron chi connectivity index (χ2n) is 8.73. The minimum Gasteiger partial charge on any atom is -0.493 e. The number of fused-ring (bicyclic) bond motifs is 1. The monoisotopic (exact) mass is 438 g/mol. The molecule has 1 fully saturated rings. The third-order valence-corrected chi connectivity index (χ3v) is 6.91. The molecule has 1 N–H and O–H groups in total. The molecule has 2 aliphatic rings. The smallest absolute Gasteiger partial charge is 0.313 e. The summed E-state index contributed by atoms with van der Waals surface area (Å²) in [5.41, 5.74) is 2.56. The molecule has 0 saturated heterocycles. The number of carboxylic acids is 1. The van der Waals surface area contributed by atoms with Gasteiger partial charge < -0.3 is 19.3 Å². The first-order valence-electron chi connectivity index (χ1n) is 11.2. The number of Topliss-reactive ketones (excluding diaryl/α,β-unsaturated/α-hetero) is 1. The lowest BCUT2D eigenvalue weighted by atomic mass is 9.95. The number of ether oxygens (including phenoxy) is 3. The quantitative estimate of drug-likeness (QED) is 0.552. The number of carbonyl (C=O) groups is 2. The van der Waals surface area contributed by atoms with E-state index in [1.54, 1.807) is 14.2 Å². The molecule has 6 heteroatoms. The fourth-order valence-electron chi connectivity index (χ4n) is 4.91. The summed E-state index contributed by atoms with van der Waals surface area (Å²) in [6.45, 7) is 2.18. The predicted molar refractivity (Wildman–Crippen MR) is 121 cm³/mol. The van der Waals surface area contributed by atoms with Crippen LogP contribution in [-0.2, 0) is 11.2 Å². The van der Waals surface area contributed by atoms with Crippen LogP contribution in [0.25, 0.3) is 11.1 Å². The zero-order chi connectivity index (χ0) is 22.9. The molecule has 0 aromatic heterocycles. The van der Waals surface area contributed by atoms with E-state index < -0.39 is 11.4 Å². The predicted octanol–water partition coefficient (Wildman–Crippen LogP) is 5.16. The summed E-state index contributed by atoms with van der Waals surface area (Å²) in [6.07, 6.45) is 4.74. The molecule has 2 aliphatic carbocycles. The number of unbranched alkanes of at least 4 members (excludes halogenated alkanes) is 1. The molecular weight excluding hydrogens is 408 g/mol. The van der Waals surface area contributed by atoms with Crippen LogP contribution < -0.4 is 14.2 Å². The first kappa shape index (κ1) is 22.2. The van der Waals surface area contributed by atoms with Gasteiger partial charge >= 0.3 is 5.97 Å². The molecule has 2 unspecified atom stereocenters. The normalized spacial score (nSPS) is 21.2. The molecule has 6 nitrogen and oxygen atoms in total. The van der Waals surface area contributed by atoms with Gasteiger partial charge in [0.1, 0.15) is 12.0 Å². The molecule has 0 aliphatic heterocycles. The summed E-state index contributed by atoms with van der Waals surface area (Å²) in [4.78, 5) is 24.4. The number of benzene rings is 2. The molecule has 0 heterocycles. The average molecular weight is 439 g/mol. The number of carbonyl (C=O) groups excluding carboxylic acids is 1. The summed E-state index contributed by atoms with van der Waals surface area (Å²) >= 11 is 0. The topological polar surface area (TPSA) is 82.1 Å². The minimum absolute atomic E-state index is 0.0706. The Morgan fingerprint density at radius 2 is 1.84 bits per heavy atom. The fourth-order valence-corrected chi connectivity index (χ4v) is 4.91. The van der Waals surface area contributed by atoms with Gasteiger partial charge in [0.2, 0.25) is 5.75 Å². The standard InChI is InChI=1S/C26H30O6/c1-4-5-7-16-14-26(16,25(28)29)15-32-23-20(11-13-22(30-2)24(23)31-3)17-8-6-9-19-18(17)10-12-21(19)27/h6,8-9,11,13,16H,4-5,7,10,12,14-15H2,1-3H3,(H,28,29). The van der Waals surface area contributed by atoms with Crippen LogP contribution in [-0.4, -0.2) is 37.7 Å². The van der Waals surface area contributed by atoms with E-state index in [4.69, 9.17) is 14.2 Å². The summed E-state index contributed by atoms with van der Waals surface area (Å²) in [6, 6.07) is 9.41. The Balaban J connectivity index is 1.73. The molecule has 2 aromatic carbocycles. The highest BCUT2D eigenvalue weighted by Gasteiger charge is 2.60. The van der Waals surface area contributed by atoms with Crippen molar-refractivity contribution in [2.75, 3.05) is 20.8 Å². The molecular formula is C26H30O6. The number of rotatable bonds is 10. The number of carboxylic acid groups (broad SMARTS) is 1. The highest BCUT2D eigenvalue weighted by molar-refractivity contribution is 6.02. The second kappa shape index (κ2) is 8.85. The van der Waals surface area contributed by atoms with Crippen LogP contribution >= 0.6 is 0 Å². The van der Waals surface area contributed by atoms with Crippen LogP contribution in [0.3, 0.4) is 0 Å². The number of ketones is 1. The van der Waals surface area contributed by atoms with E-state index in [1.165, 1.54) is 0 Å². The van der Waals surface area contributed by atoms with Crippen LogP contribution in [0.1, 0.15) is 54.9 Å². The molecule has 2 atom stereocenters. The Hall–Kier alpha value is -3.02. The van der Waals surface area contributed by atoms with Crippen molar-refractivity contribution >= 4 is 11.8 Å². The van der Waals surface area contributed by atoms with Crippen LogP contribution in [0.2, 0.25) is 0 Å². The lowest BCUT2D eigenvalue weighted by Crippen LogP contribution is -2.26. The van der Waals surface area contributed by atoms with Crippen LogP contribution in [0.15, 0.2) is 30.3 Å². The minimum atomic E-state index is -0.866. The van der Waals surface area contributed by atoms with Gasteiger partial charge in [0.25, 0.3) is 0 Å². The largest absolute Gasteiger partial charge is 0.493 e. The van der Waals surface area contributed by atoms with E-state index in [9.17, 15) is 14.7 Å². The number of aliphatic carboxylic acids is 1. The molecule has 32 heavy (non-hydrogen) atoms. The molecule has 0 amide bonds. The number of hydrogen-bond donors (Lipinski definition) is 1. The van der Waals surface area contributed by atoms with Crippen molar-refractivity contribution in [2.24, 2.45) is 11.3 Å². The van der Waals surface area contributed by atoms with Gasteiger partial charge in [0.05, 0.1) is 14.2 Å². The van der Waals surface area contributed by atoms with Crippen molar-refractivity contribution in [3.8, 4) is 28.4 Å². The average Bonchev–Trinajstić information content (AvgIpc) is 3.40. The first-order valence-corrected chi connectivity index (χ1v) is 11.2. The Morgan fingerprint density at radius 1 is 1.06 bits per heavy atom. The highest BCUT2D eigenvalue weighted by Crippen LogP contribution is 2.56. The van der Waals surface area contributed by atoms with Crippen molar-refractivity contribution < 1.29 is 28.9 Å². The van der Waals surface area contributed by atoms with Gasteiger partial charge in [-0.25, -0.2) is 0 Å². The summed E-state index contributed by atoms with van der Waals surface area (Å²) in [5.74, 6) is 0.857. The Morgan fingerprint density at radius 3 is 2.53 bits per heavy atom. The summed E-state index contributed by atoms with van der Waals surface area (Å²) in [7, 11) is 3.10. The Kier molecular flexibility index (Phi) is 6.13. The highest BCUT2D eigenvalue weighted by atomic mass is 16.5. The van der Waals surface area contributed by atoms with Crippen molar-refractivity contribution in [3.05, 3.63) is 41.5 Å². The SMILES string of the molecule is CCCCC1CC1(COc1c(-c2cccc3c2CCC3=O)ccc(OC)c1OC)C(=O)O. The van der Waals surface area contributed by atoms with Gasteiger partial charge in [0, 0.05) is 17.5 Å². The van der Waals surface area contributed by atoms with Gasteiger partial charge in [-0.1, -0.05) is 38.0 Å². The molecule has 0 radical (unpaired) electrons. The zero-order valence-electron chi connectivity index (χ0n) is 18.9. The van der Waals surface area contributed by atoms with Crippen LogP contribution in [0.4, 0.5) is 0 Å². The molecule has 4 rings (SSSR count). The van der Waals surface area contributed by atoms with Crippen molar-refractivity contribution in [1.82, 2.24) is 0 Å². The van der Waals surface area contributed by atoms with E-state index in [0.29, 0.717) is 36.5 Å². The second-order valence-corrected chi connectivity index (χ2v) is 8.73. The lowest BCUT2D eigenvalue weighted by molar-refractivity contribution is -0.145. The Labute approximate surface area is 188 Å². The van der Waals surface area contributed by atoms with Gasteiger partial charge in [-0.2, -0.15) is 0 Å². The van der Waals surface area contributed by atoms with Crippen molar-refractivity contribution in [3.63, 3.8) is 0 Å². The van der Waals surface area contributed by atoms with Crippen LogP contribution in [0, 0.1) is 11.3 Å². The van der Waals surface area contributed by atoms with Gasteiger partial charge in [-0.15, -0.1) is 0 Å². The lowest BCUT2D eigenvalue weighted by Gasteiger charge is -2.21. The summed E-state index contributed by atoms with van der Waals surface area (Å²) in [5, 5.41) is 9.95. The zero-order valence-corrected chi connectivity index (χ0v) is 18.9. The van der Waals surface area contributed by atoms with E-state index in [-0.39, 0.29) is 18.3 Å². The van der Waals surface area contributed by atoms with E-state index in [1.807, 2.05) is 30.3 Å². The van der Waals surface area contributed by atoms with E-state index in [2.05, 4.69) is 6.92 Å². The van der Waals surface area contributed by atoms with Gasteiger partial charge in [0.15, 0.2) is 17.3 Å². The molecule has 2 aromatic rings. The number of hydrogen-bond acceptors (Lipinski definition) is 5. The molecule has 0 bridgehead atoms. The maximum atomic E-state index is 12.3. The van der Waals surface area contributed by atoms with Gasteiger partial charge in [-0.05, 0) is 48.4 Å². The molecule has 170 valence electrons. The maximum absolute atomic E-state index is 12.3. The summed E-state index contributed by atoms with van der Waals surface area (Å²) < 4.78 is 17.4. The van der Waals surface area contributed by atoms with Gasteiger partial charge in [-0.3, -0.25) is 9.59 Å². The maximum Gasteiger partial charge on any atom is 0.313 e. The third-order valence-electron chi connectivity index (χ3n) is 6.91.